The average molecular weight is 204 g/mol. The van der Waals surface area contributed by atoms with Crippen LogP contribution in [0.5, 0.6) is 0 Å². The largest absolute Gasteiger partial charge is 0.244 e. The van der Waals surface area contributed by atoms with Gasteiger partial charge in [-0.3, -0.25) is 0 Å². The van der Waals surface area contributed by atoms with E-state index in [-0.39, 0.29) is 5.41 Å². The number of rotatable bonds is 0. The van der Waals surface area contributed by atoms with E-state index in [4.69, 9.17) is 23.2 Å². The first-order valence-electron chi connectivity index (χ1n) is 3.73. The van der Waals surface area contributed by atoms with E-state index in [1.165, 1.54) is 0 Å². The number of aromatic nitrogens is 1. The fourth-order valence-electron chi connectivity index (χ4n) is 0.959. The molecule has 0 amide bonds. The molecule has 1 aromatic heterocycles. The molecule has 0 N–H and O–H groups in total. The third-order valence-corrected chi connectivity index (χ3v) is 2.15. The Morgan fingerprint density at radius 1 is 1.25 bits per heavy atom. The standard InChI is InChI=1S/C9H11Cl2N/c1-9(2,3)6-5-12-8(11)4-7(6)10/h4-5H,1-3H3. The van der Waals surface area contributed by atoms with E-state index in [2.05, 4.69) is 25.8 Å². The maximum atomic E-state index is 5.99. The predicted molar refractivity (Wildman–Crippen MR) is 53.0 cm³/mol. The summed E-state index contributed by atoms with van der Waals surface area (Å²) in [6, 6.07) is 1.67. The Bertz CT molecular complexity index is 289. The van der Waals surface area contributed by atoms with Gasteiger partial charge in [0.25, 0.3) is 0 Å². The lowest BCUT2D eigenvalue weighted by Gasteiger charge is -2.19. The lowest BCUT2D eigenvalue weighted by molar-refractivity contribution is 0.588. The molecule has 0 aliphatic carbocycles. The van der Waals surface area contributed by atoms with Crippen molar-refractivity contribution in [1.29, 1.82) is 0 Å². The van der Waals surface area contributed by atoms with Crippen LogP contribution in [0.25, 0.3) is 0 Å². The molecule has 0 unspecified atom stereocenters. The number of pyridine rings is 1. The van der Waals surface area contributed by atoms with Crippen LogP contribution >= 0.6 is 23.2 Å². The van der Waals surface area contributed by atoms with Crippen molar-refractivity contribution in [1.82, 2.24) is 4.98 Å². The second kappa shape index (κ2) is 3.23. The van der Waals surface area contributed by atoms with Gasteiger partial charge in [0.15, 0.2) is 0 Å². The van der Waals surface area contributed by atoms with Gasteiger partial charge in [-0.15, -0.1) is 0 Å². The topological polar surface area (TPSA) is 12.9 Å². The zero-order chi connectivity index (χ0) is 9.35. The zero-order valence-electron chi connectivity index (χ0n) is 7.36. The molecular formula is C9H11Cl2N. The Balaban J connectivity index is 3.19. The van der Waals surface area contributed by atoms with E-state index in [1.807, 2.05) is 0 Å². The average Bonchev–Trinajstić information content (AvgIpc) is 1.83. The number of halogens is 2. The van der Waals surface area contributed by atoms with Crippen LogP contribution < -0.4 is 0 Å². The van der Waals surface area contributed by atoms with Crippen LogP contribution in [0.2, 0.25) is 10.2 Å². The minimum Gasteiger partial charge on any atom is -0.244 e. The fourth-order valence-corrected chi connectivity index (χ4v) is 1.61. The molecule has 1 rings (SSSR count). The van der Waals surface area contributed by atoms with Crippen molar-refractivity contribution >= 4 is 23.2 Å². The predicted octanol–water partition coefficient (Wildman–Crippen LogP) is 3.69. The van der Waals surface area contributed by atoms with Crippen molar-refractivity contribution in [3.05, 3.63) is 28.0 Å². The summed E-state index contributed by atoms with van der Waals surface area (Å²) in [5.41, 5.74) is 1.04. The summed E-state index contributed by atoms with van der Waals surface area (Å²) in [6.45, 7) is 6.26. The van der Waals surface area contributed by atoms with Crippen LogP contribution in [0.15, 0.2) is 12.3 Å². The van der Waals surface area contributed by atoms with Crippen LogP contribution in [0.3, 0.4) is 0 Å². The first kappa shape index (κ1) is 9.82. The second-order valence-corrected chi connectivity index (χ2v) is 4.53. The summed E-state index contributed by atoms with van der Waals surface area (Å²) in [5.74, 6) is 0. The van der Waals surface area contributed by atoms with Gasteiger partial charge in [-0.05, 0) is 17.0 Å². The molecule has 1 heterocycles. The molecule has 0 aliphatic rings. The SMILES string of the molecule is CC(C)(C)c1cnc(Cl)cc1Cl. The number of hydrogen-bond donors (Lipinski definition) is 0. The maximum absolute atomic E-state index is 5.99. The van der Waals surface area contributed by atoms with Crippen LogP contribution in [-0.4, -0.2) is 4.98 Å². The molecule has 12 heavy (non-hydrogen) atoms. The molecule has 0 aliphatic heterocycles. The minimum absolute atomic E-state index is 0.0225. The van der Waals surface area contributed by atoms with Gasteiger partial charge in [-0.2, -0.15) is 0 Å². The van der Waals surface area contributed by atoms with Crippen molar-refractivity contribution in [2.24, 2.45) is 0 Å². The van der Waals surface area contributed by atoms with Crippen molar-refractivity contribution in [2.75, 3.05) is 0 Å². The Hall–Kier alpha value is -0.270. The molecule has 3 heteroatoms. The Kier molecular flexibility index (Phi) is 2.64. The van der Waals surface area contributed by atoms with E-state index >= 15 is 0 Å². The van der Waals surface area contributed by atoms with E-state index in [9.17, 15) is 0 Å². The molecular weight excluding hydrogens is 193 g/mol. The van der Waals surface area contributed by atoms with Gasteiger partial charge < -0.3 is 0 Å². The van der Waals surface area contributed by atoms with Gasteiger partial charge in [0, 0.05) is 11.2 Å². The molecule has 66 valence electrons. The van der Waals surface area contributed by atoms with Crippen LogP contribution in [0.4, 0.5) is 0 Å². The highest BCUT2D eigenvalue weighted by atomic mass is 35.5. The van der Waals surface area contributed by atoms with E-state index in [1.54, 1.807) is 12.3 Å². The van der Waals surface area contributed by atoms with Gasteiger partial charge in [0.1, 0.15) is 5.15 Å². The van der Waals surface area contributed by atoms with Crippen LogP contribution in [0, 0.1) is 0 Å². The maximum Gasteiger partial charge on any atom is 0.130 e. The molecule has 0 saturated carbocycles. The Morgan fingerprint density at radius 2 is 1.83 bits per heavy atom. The summed E-state index contributed by atoms with van der Waals surface area (Å²) in [5, 5.41) is 1.12. The highest BCUT2D eigenvalue weighted by molar-refractivity contribution is 6.34. The third-order valence-electron chi connectivity index (χ3n) is 1.63. The first-order chi connectivity index (χ1) is 5.41. The lowest BCUT2D eigenvalue weighted by Crippen LogP contribution is -2.12. The normalized spacial score (nSPS) is 11.8. The monoisotopic (exact) mass is 203 g/mol. The Labute approximate surface area is 82.7 Å². The lowest BCUT2D eigenvalue weighted by atomic mass is 9.88. The molecule has 0 saturated heterocycles. The molecule has 0 bridgehead atoms. The number of nitrogens with zero attached hydrogens (tertiary/aromatic N) is 1. The van der Waals surface area contributed by atoms with Gasteiger partial charge in [-0.1, -0.05) is 44.0 Å². The summed E-state index contributed by atoms with van der Waals surface area (Å²) < 4.78 is 0. The number of hydrogen-bond acceptors (Lipinski definition) is 1. The van der Waals surface area contributed by atoms with Crippen molar-refractivity contribution in [3.63, 3.8) is 0 Å². The minimum atomic E-state index is 0.0225. The Morgan fingerprint density at radius 3 is 2.25 bits per heavy atom. The van der Waals surface area contributed by atoms with Crippen LogP contribution in [-0.2, 0) is 5.41 Å². The van der Waals surface area contributed by atoms with Gasteiger partial charge in [0.2, 0.25) is 0 Å². The molecule has 0 fully saturated rings. The highest BCUT2D eigenvalue weighted by Crippen LogP contribution is 2.29. The van der Waals surface area contributed by atoms with E-state index in [0.717, 1.165) is 5.56 Å². The zero-order valence-corrected chi connectivity index (χ0v) is 8.87. The summed E-state index contributed by atoms with van der Waals surface area (Å²) >= 11 is 11.7. The van der Waals surface area contributed by atoms with Gasteiger partial charge in [-0.25, -0.2) is 4.98 Å². The van der Waals surface area contributed by atoms with Crippen LogP contribution in [0.1, 0.15) is 26.3 Å². The van der Waals surface area contributed by atoms with Crippen molar-refractivity contribution in [3.8, 4) is 0 Å². The third kappa shape index (κ3) is 2.11. The van der Waals surface area contributed by atoms with Gasteiger partial charge >= 0.3 is 0 Å². The summed E-state index contributed by atoms with van der Waals surface area (Å²) in [7, 11) is 0. The quantitative estimate of drug-likeness (QED) is 0.587. The summed E-state index contributed by atoms with van der Waals surface area (Å²) in [4.78, 5) is 3.99. The first-order valence-corrected chi connectivity index (χ1v) is 4.48. The molecule has 0 radical (unpaired) electrons. The second-order valence-electron chi connectivity index (χ2n) is 3.74. The molecule has 1 aromatic rings. The highest BCUT2D eigenvalue weighted by Gasteiger charge is 2.17. The van der Waals surface area contributed by atoms with Gasteiger partial charge in [0.05, 0.1) is 0 Å². The van der Waals surface area contributed by atoms with Crippen molar-refractivity contribution in [2.45, 2.75) is 26.2 Å². The fraction of sp³-hybridized carbons (Fsp3) is 0.444. The smallest absolute Gasteiger partial charge is 0.130 e. The molecule has 1 nitrogen and oxygen atoms in total. The van der Waals surface area contributed by atoms with E-state index in [0.29, 0.717) is 10.2 Å². The molecule has 0 spiro atoms. The molecule has 0 atom stereocenters. The molecule has 0 aromatic carbocycles. The summed E-state index contributed by atoms with van der Waals surface area (Å²) in [6.07, 6.45) is 1.73. The van der Waals surface area contributed by atoms with E-state index < -0.39 is 0 Å². The van der Waals surface area contributed by atoms with Crippen molar-refractivity contribution < 1.29 is 0 Å².